The number of thiazole rings is 1. The van der Waals surface area contributed by atoms with Crippen molar-refractivity contribution in [2.24, 2.45) is 5.73 Å². The molecule has 31 heavy (non-hydrogen) atoms. The lowest BCUT2D eigenvalue weighted by Crippen LogP contribution is -2.16. The Morgan fingerprint density at radius 1 is 1.19 bits per heavy atom. The molecule has 1 atom stereocenters. The van der Waals surface area contributed by atoms with Crippen molar-refractivity contribution in [3.05, 3.63) is 33.2 Å². The van der Waals surface area contributed by atoms with Crippen LogP contribution in [0.1, 0.15) is 73.8 Å². The van der Waals surface area contributed by atoms with Gasteiger partial charge in [-0.1, -0.05) is 13.8 Å². The normalized spacial score (nSPS) is 20.0. The number of nitrogens with one attached hydrogen (secondary N) is 1. The molecule has 0 aromatic carbocycles. The van der Waals surface area contributed by atoms with E-state index in [4.69, 9.17) is 15.5 Å². The maximum absolute atomic E-state index is 11.3. The summed E-state index contributed by atoms with van der Waals surface area (Å²) in [4.78, 5) is 17.7. The van der Waals surface area contributed by atoms with E-state index in [9.17, 15) is 9.32 Å². The highest BCUT2D eigenvalue weighted by Crippen LogP contribution is 2.42. The number of aromatic nitrogens is 2. The van der Waals surface area contributed by atoms with Gasteiger partial charge in [0.15, 0.2) is 0 Å². The van der Waals surface area contributed by atoms with Gasteiger partial charge in [-0.2, -0.15) is 0 Å². The zero-order valence-corrected chi connectivity index (χ0v) is 20.1. The third-order valence-electron chi connectivity index (χ3n) is 5.74. The third-order valence-corrected chi connectivity index (χ3v) is 8.62. The Labute approximate surface area is 189 Å². The first-order valence-corrected chi connectivity index (χ1v) is 12.3. The molecule has 2 aromatic heterocycles. The van der Waals surface area contributed by atoms with Crippen molar-refractivity contribution in [2.45, 2.75) is 81.6 Å². The maximum atomic E-state index is 11.3. The van der Waals surface area contributed by atoms with Crippen LogP contribution in [0.3, 0.4) is 0 Å². The maximum Gasteiger partial charge on any atom is 0.204 e. The summed E-state index contributed by atoms with van der Waals surface area (Å²) in [5, 5.41) is 10.3. The fourth-order valence-corrected chi connectivity index (χ4v) is 6.34. The van der Waals surface area contributed by atoms with Crippen LogP contribution in [0.25, 0.3) is 0 Å². The number of aliphatic hydroxyl groups is 1. The number of primary amides is 1. The molecule has 10 heteroatoms. The molecule has 2 aromatic rings. The largest absolute Gasteiger partial charge is 0.398 e. The monoisotopic (exact) mass is 465 g/mol. The fraction of sp³-hybridized carbons (Fsp3) is 0.571. The third kappa shape index (κ3) is 4.82. The van der Waals surface area contributed by atoms with Crippen LogP contribution in [0.15, 0.2) is 4.21 Å². The van der Waals surface area contributed by atoms with E-state index in [-0.39, 0.29) is 11.8 Å². The predicted molar refractivity (Wildman–Crippen MR) is 123 cm³/mol. The Bertz CT molecular complexity index is 1010. The van der Waals surface area contributed by atoms with E-state index in [2.05, 4.69) is 29.3 Å². The molecule has 0 radical (unpaired) electrons. The Hall–Kier alpha value is -1.88. The van der Waals surface area contributed by atoms with Gasteiger partial charge in [-0.3, -0.25) is 9.78 Å². The van der Waals surface area contributed by atoms with Crippen LogP contribution >= 0.6 is 11.3 Å². The number of nitrogens with zero attached hydrogens (tertiary/aromatic N) is 2. The van der Waals surface area contributed by atoms with Crippen LogP contribution in [0.5, 0.6) is 0 Å². The number of rotatable bonds is 1. The van der Waals surface area contributed by atoms with Crippen molar-refractivity contribution in [3.63, 3.8) is 0 Å². The second-order valence-corrected chi connectivity index (χ2v) is 11.5. The molecular weight excluding hydrogens is 434 g/mol. The van der Waals surface area contributed by atoms with Gasteiger partial charge in [0.05, 0.1) is 17.9 Å². The summed E-state index contributed by atoms with van der Waals surface area (Å²) in [5.74, 6) is 0. The van der Waals surface area contributed by atoms with Gasteiger partial charge in [-0.25, -0.2) is 13.9 Å². The van der Waals surface area contributed by atoms with Gasteiger partial charge in [0.2, 0.25) is 6.41 Å². The molecule has 8 nitrogen and oxygen atoms in total. The SMILES string of the molecule is CC(C)(O)c1nc2c(s1)S(=O)NC2.CC1(C)CCc2c1nc1c(c2N)CCC1.NC=O. The Morgan fingerprint density at radius 3 is 2.48 bits per heavy atom. The fourth-order valence-electron chi connectivity index (χ4n) is 4.08. The van der Waals surface area contributed by atoms with Crippen molar-refractivity contribution in [1.29, 1.82) is 0 Å². The Kier molecular flexibility index (Phi) is 6.85. The number of aryl methyl sites for hydroxylation is 1. The van der Waals surface area contributed by atoms with Gasteiger partial charge in [-0.15, -0.1) is 11.3 Å². The van der Waals surface area contributed by atoms with E-state index in [0.29, 0.717) is 11.6 Å². The number of nitrogen functional groups attached to an aromatic ring is 1. The summed E-state index contributed by atoms with van der Waals surface area (Å²) < 4.78 is 14.8. The van der Waals surface area contributed by atoms with Gasteiger partial charge in [-0.05, 0) is 57.1 Å². The molecule has 5 rings (SSSR count). The van der Waals surface area contributed by atoms with Crippen molar-refractivity contribution >= 4 is 34.4 Å². The van der Waals surface area contributed by atoms with Crippen molar-refractivity contribution in [1.82, 2.24) is 14.7 Å². The summed E-state index contributed by atoms with van der Waals surface area (Å²) >= 11 is 1.31. The smallest absolute Gasteiger partial charge is 0.204 e. The highest BCUT2D eigenvalue weighted by molar-refractivity contribution is 7.85. The molecule has 1 unspecified atom stereocenters. The zero-order chi connectivity index (χ0) is 23.0. The molecule has 0 spiro atoms. The number of amides is 1. The van der Waals surface area contributed by atoms with Crippen LogP contribution in [0, 0.1) is 0 Å². The number of pyridine rings is 1. The molecule has 3 heterocycles. The molecule has 2 aliphatic carbocycles. The molecule has 1 aliphatic heterocycles. The van der Waals surface area contributed by atoms with Gasteiger partial charge < -0.3 is 16.6 Å². The van der Waals surface area contributed by atoms with E-state index in [1.165, 1.54) is 46.7 Å². The van der Waals surface area contributed by atoms with E-state index in [0.717, 1.165) is 34.9 Å². The van der Waals surface area contributed by atoms with Gasteiger partial charge in [0.1, 0.15) is 25.8 Å². The molecule has 3 aliphatic rings. The molecule has 0 saturated heterocycles. The summed E-state index contributed by atoms with van der Waals surface area (Å²) in [7, 11) is -1.12. The lowest BCUT2D eigenvalue weighted by molar-refractivity contribution is -0.106. The lowest BCUT2D eigenvalue weighted by atomic mass is 9.90. The van der Waals surface area contributed by atoms with Crippen LogP contribution in [-0.4, -0.2) is 25.7 Å². The van der Waals surface area contributed by atoms with Crippen LogP contribution in [0.2, 0.25) is 0 Å². The number of anilines is 1. The standard InChI is InChI=1S/C13H18N2.C7H10N2O2S2.CH3NO/c1-13(2)7-6-9-11(14)8-4-3-5-10(8)15-12(9)13;1-7(2,10)6-9-4-3-8-13(11)5(4)12-6;2-1-3/h3-7H2,1-2H3,(H2,14,15);8,10H,3H2,1-2H3;1H,(H2,2,3). The van der Waals surface area contributed by atoms with Crippen molar-refractivity contribution in [2.75, 3.05) is 5.73 Å². The minimum Gasteiger partial charge on any atom is -0.398 e. The van der Waals surface area contributed by atoms with Crippen LogP contribution in [-0.2, 0) is 52.6 Å². The van der Waals surface area contributed by atoms with Gasteiger partial charge in [0.25, 0.3) is 0 Å². The second kappa shape index (κ2) is 8.93. The summed E-state index contributed by atoms with van der Waals surface area (Å²) in [5.41, 5.74) is 16.9. The van der Waals surface area contributed by atoms with E-state index < -0.39 is 16.6 Å². The first-order chi connectivity index (χ1) is 14.5. The van der Waals surface area contributed by atoms with E-state index >= 15 is 0 Å². The topological polar surface area (TPSA) is 144 Å². The molecule has 1 amide bonds. The van der Waals surface area contributed by atoms with Gasteiger partial charge in [0, 0.05) is 16.8 Å². The molecular formula is C21H31N5O3S2. The van der Waals surface area contributed by atoms with Crippen LogP contribution in [0.4, 0.5) is 5.69 Å². The molecule has 0 saturated carbocycles. The summed E-state index contributed by atoms with van der Waals surface area (Å²) in [6, 6.07) is 0. The molecule has 170 valence electrons. The Balaban J connectivity index is 0.000000158. The van der Waals surface area contributed by atoms with E-state index in [1.54, 1.807) is 13.8 Å². The summed E-state index contributed by atoms with van der Waals surface area (Å²) in [6.45, 7) is 8.46. The number of fused-ring (bicyclic) bond motifs is 3. The number of nitrogens with two attached hydrogens (primary N) is 2. The first-order valence-electron chi connectivity index (χ1n) is 10.3. The average molecular weight is 466 g/mol. The summed E-state index contributed by atoms with van der Waals surface area (Å²) in [6.07, 6.45) is 6.07. The van der Waals surface area contributed by atoms with Crippen molar-refractivity contribution in [3.8, 4) is 0 Å². The van der Waals surface area contributed by atoms with Gasteiger partial charge >= 0.3 is 0 Å². The average Bonchev–Trinajstić information content (AvgIpc) is 3.42. The van der Waals surface area contributed by atoms with Crippen LogP contribution < -0.4 is 16.2 Å². The Morgan fingerprint density at radius 2 is 1.87 bits per heavy atom. The van der Waals surface area contributed by atoms with Crippen molar-refractivity contribution < 1.29 is 14.1 Å². The predicted octanol–water partition coefficient (Wildman–Crippen LogP) is 1.97. The number of hydrogen-bond acceptors (Lipinski definition) is 7. The second-order valence-electron chi connectivity index (χ2n) is 9.05. The number of carbonyl (C=O) groups is 1. The zero-order valence-electron chi connectivity index (χ0n) is 18.4. The molecule has 0 fully saturated rings. The minimum atomic E-state index is -1.12. The number of hydrogen-bond donors (Lipinski definition) is 4. The highest BCUT2D eigenvalue weighted by Gasteiger charge is 2.35. The first kappa shape index (κ1) is 23.8. The van der Waals surface area contributed by atoms with E-state index in [1.807, 2.05) is 0 Å². The molecule has 0 bridgehead atoms. The lowest BCUT2D eigenvalue weighted by Gasteiger charge is -2.19. The minimum absolute atomic E-state index is 0.237. The number of carbonyl (C=O) groups excluding carboxylic acids is 1. The highest BCUT2D eigenvalue weighted by atomic mass is 32.2. The molecule has 6 N–H and O–H groups in total. The quantitative estimate of drug-likeness (QED) is 0.474.